The highest BCUT2D eigenvalue weighted by Gasteiger charge is 2.29. The Morgan fingerprint density at radius 3 is 2.66 bits per heavy atom. The highest BCUT2D eigenvalue weighted by atomic mass is 16.2. The highest BCUT2D eigenvalue weighted by molar-refractivity contribution is 5.95. The minimum absolute atomic E-state index is 0.0477. The third-order valence-corrected chi connectivity index (χ3v) is 5.18. The van der Waals surface area contributed by atoms with E-state index in [0.29, 0.717) is 24.5 Å². The molecule has 4 rings (SSSR count). The molecule has 1 aromatic carbocycles. The normalized spacial score (nSPS) is 16.4. The Bertz CT molecular complexity index is 998. The number of pyridine rings is 1. The maximum Gasteiger partial charge on any atom is 0.271 e. The first kappa shape index (κ1) is 18.9. The van der Waals surface area contributed by atoms with Crippen molar-refractivity contribution < 1.29 is 9.59 Å². The number of hydrogen-bond donors (Lipinski definition) is 2. The second-order valence-corrected chi connectivity index (χ2v) is 7.35. The number of amides is 2. The number of carbonyl (C=O) groups excluding carboxylic acids is 2. The molecule has 2 aromatic heterocycles. The standard InChI is InChI=1S/C22H23N5O2/c1-15-4-6-18(7-5-15)24-21(28)17-3-2-12-27(14-17)22(29)20-13-19(25-26-20)16-8-10-23-11-9-16/h4-11,13,17H,2-3,12,14H2,1H3,(H,24,28)(H,25,26)/t17-/m1/s1. The Balaban J connectivity index is 1.41. The first-order valence-electron chi connectivity index (χ1n) is 9.73. The zero-order chi connectivity index (χ0) is 20.2. The molecule has 7 heteroatoms. The van der Waals surface area contributed by atoms with Crippen LogP contribution in [0.5, 0.6) is 0 Å². The number of anilines is 1. The molecular formula is C22H23N5O2. The summed E-state index contributed by atoms with van der Waals surface area (Å²) < 4.78 is 0. The van der Waals surface area contributed by atoms with E-state index >= 15 is 0 Å². The van der Waals surface area contributed by atoms with Gasteiger partial charge in [-0.15, -0.1) is 0 Å². The van der Waals surface area contributed by atoms with Crippen LogP contribution in [-0.2, 0) is 4.79 Å². The summed E-state index contributed by atoms with van der Waals surface area (Å²) >= 11 is 0. The van der Waals surface area contributed by atoms with Crippen molar-refractivity contribution in [2.75, 3.05) is 18.4 Å². The van der Waals surface area contributed by atoms with E-state index in [2.05, 4.69) is 20.5 Å². The molecule has 0 spiro atoms. The first-order valence-corrected chi connectivity index (χ1v) is 9.73. The molecule has 0 radical (unpaired) electrons. The van der Waals surface area contributed by atoms with Crippen molar-refractivity contribution in [2.24, 2.45) is 5.92 Å². The van der Waals surface area contributed by atoms with Crippen LogP contribution in [0.1, 0.15) is 28.9 Å². The minimum atomic E-state index is -0.225. The summed E-state index contributed by atoms with van der Waals surface area (Å²) in [5.74, 6) is -0.407. The fourth-order valence-corrected chi connectivity index (χ4v) is 3.53. The topological polar surface area (TPSA) is 91.0 Å². The number of rotatable bonds is 4. The van der Waals surface area contributed by atoms with Gasteiger partial charge in [-0.1, -0.05) is 17.7 Å². The van der Waals surface area contributed by atoms with E-state index in [1.165, 1.54) is 0 Å². The number of benzene rings is 1. The molecule has 1 fully saturated rings. The molecule has 0 aliphatic carbocycles. The van der Waals surface area contributed by atoms with Crippen molar-refractivity contribution >= 4 is 17.5 Å². The Kier molecular flexibility index (Phi) is 5.37. The van der Waals surface area contributed by atoms with Gasteiger partial charge in [0, 0.05) is 36.7 Å². The number of nitrogens with one attached hydrogen (secondary N) is 2. The van der Waals surface area contributed by atoms with Crippen molar-refractivity contribution in [1.82, 2.24) is 20.1 Å². The number of carbonyl (C=O) groups is 2. The minimum Gasteiger partial charge on any atom is -0.337 e. The number of H-pyrrole nitrogens is 1. The molecule has 0 unspecified atom stereocenters. The van der Waals surface area contributed by atoms with Crippen LogP contribution in [-0.4, -0.2) is 45.0 Å². The summed E-state index contributed by atoms with van der Waals surface area (Å²) in [4.78, 5) is 31.3. The lowest BCUT2D eigenvalue weighted by Gasteiger charge is -2.31. The Morgan fingerprint density at radius 2 is 1.90 bits per heavy atom. The van der Waals surface area contributed by atoms with Gasteiger partial charge in [0.2, 0.25) is 5.91 Å². The molecule has 7 nitrogen and oxygen atoms in total. The molecule has 29 heavy (non-hydrogen) atoms. The van der Waals surface area contributed by atoms with Crippen LogP contribution in [0.25, 0.3) is 11.3 Å². The van der Waals surface area contributed by atoms with Gasteiger partial charge in [-0.2, -0.15) is 5.10 Å². The number of hydrogen-bond acceptors (Lipinski definition) is 4. The molecule has 3 aromatic rings. The van der Waals surface area contributed by atoms with Gasteiger partial charge in [0.25, 0.3) is 5.91 Å². The number of piperidine rings is 1. The van der Waals surface area contributed by atoms with Crippen LogP contribution >= 0.6 is 0 Å². The summed E-state index contributed by atoms with van der Waals surface area (Å²) in [6, 6.07) is 13.1. The van der Waals surface area contributed by atoms with Crippen LogP contribution < -0.4 is 5.32 Å². The molecule has 1 aliphatic rings. The summed E-state index contributed by atoms with van der Waals surface area (Å²) in [5, 5.41) is 10.0. The van der Waals surface area contributed by atoms with Crippen molar-refractivity contribution in [3.05, 3.63) is 66.1 Å². The Morgan fingerprint density at radius 1 is 1.14 bits per heavy atom. The molecule has 1 saturated heterocycles. The Labute approximate surface area is 169 Å². The second kappa shape index (κ2) is 8.26. The van der Waals surface area contributed by atoms with Crippen LogP contribution in [0.15, 0.2) is 54.9 Å². The molecule has 2 amide bonds. The fraction of sp³-hybridized carbons (Fsp3) is 0.273. The molecular weight excluding hydrogens is 366 g/mol. The summed E-state index contributed by atoms with van der Waals surface area (Å²) in [6.07, 6.45) is 4.94. The lowest BCUT2D eigenvalue weighted by Crippen LogP contribution is -2.43. The average molecular weight is 389 g/mol. The third-order valence-electron chi connectivity index (χ3n) is 5.18. The molecule has 1 atom stereocenters. The van der Waals surface area contributed by atoms with E-state index in [1.807, 2.05) is 43.3 Å². The molecule has 2 N–H and O–H groups in total. The third kappa shape index (κ3) is 4.34. The summed E-state index contributed by atoms with van der Waals surface area (Å²) in [6.45, 7) is 3.04. The van der Waals surface area contributed by atoms with Crippen molar-refractivity contribution in [2.45, 2.75) is 19.8 Å². The predicted molar refractivity (Wildman–Crippen MR) is 110 cm³/mol. The number of likely N-dealkylation sites (tertiary alicyclic amines) is 1. The average Bonchev–Trinajstić information content (AvgIpc) is 3.26. The number of aromatic nitrogens is 3. The zero-order valence-electron chi connectivity index (χ0n) is 16.3. The molecule has 0 bridgehead atoms. The van der Waals surface area contributed by atoms with Crippen molar-refractivity contribution in [1.29, 1.82) is 0 Å². The number of aryl methyl sites for hydroxylation is 1. The van der Waals surface area contributed by atoms with E-state index in [-0.39, 0.29) is 17.7 Å². The number of aromatic amines is 1. The van der Waals surface area contributed by atoms with Gasteiger partial charge in [0.05, 0.1) is 11.6 Å². The second-order valence-electron chi connectivity index (χ2n) is 7.35. The van der Waals surface area contributed by atoms with Gasteiger partial charge in [-0.3, -0.25) is 19.7 Å². The molecule has 1 aliphatic heterocycles. The monoisotopic (exact) mass is 389 g/mol. The maximum atomic E-state index is 12.9. The van der Waals surface area contributed by atoms with E-state index < -0.39 is 0 Å². The maximum absolute atomic E-state index is 12.9. The van der Waals surface area contributed by atoms with Crippen LogP contribution in [0.3, 0.4) is 0 Å². The van der Waals surface area contributed by atoms with Crippen LogP contribution in [0.4, 0.5) is 5.69 Å². The molecule has 148 valence electrons. The van der Waals surface area contributed by atoms with Gasteiger partial charge in [-0.05, 0) is 50.1 Å². The zero-order valence-corrected chi connectivity index (χ0v) is 16.3. The van der Waals surface area contributed by atoms with Gasteiger partial charge >= 0.3 is 0 Å². The quantitative estimate of drug-likeness (QED) is 0.716. The molecule has 3 heterocycles. The lowest BCUT2D eigenvalue weighted by atomic mass is 9.96. The van der Waals surface area contributed by atoms with Gasteiger partial charge in [0.15, 0.2) is 0 Å². The van der Waals surface area contributed by atoms with E-state index in [4.69, 9.17) is 0 Å². The smallest absolute Gasteiger partial charge is 0.271 e. The van der Waals surface area contributed by atoms with Gasteiger partial charge in [-0.25, -0.2) is 0 Å². The fourth-order valence-electron chi connectivity index (χ4n) is 3.53. The molecule has 0 saturated carbocycles. The van der Waals surface area contributed by atoms with Crippen LogP contribution in [0, 0.1) is 12.8 Å². The van der Waals surface area contributed by atoms with E-state index in [1.54, 1.807) is 23.4 Å². The summed E-state index contributed by atoms with van der Waals surface area (Å²) in [5.41, 5.74) is 3.94. The SMILES string of the molecule is Cc1ccc(NC(=O)[C@@H]2CCCN(C(=O)c3cc(-c4ccncc4)n[nH]3)C2)cc1. The highest BCUT2D eigenvalue weighted by Crippen LogP contribution is 2.22. The predicted octanol–water partition coefficient (Wildman–Crippen LogP) is 3.27. The first-order chi connectivity index (χ1) is 14.1. The van der Waals surface area contributed by atoms with E-state index in [9.17, 15) is 9.59 Å². The number of nitrogens with zero attached hydrogens (tertiary/aromatic N) is 3. The Hall–Kier alpha value is -3.48. The van der Waals surface area contributed by atoms with Gasteiger partial charge < -0.3 is 10.2 Å². The largest absolute Gasteiger partial charge is 0.337 e. The lowest BCUT2D eigenvalue weighted by molar-refractivity contribution is -0.121. The van der Waals surface area contributed by atoms with Crippen molar-refractivity contribution in [3.8, 4) is 11.3 Å². The summed E-state index contributed by atoms with van der Waals surface area (Å²) in [7, 11) is 0. The van der Waals surface area contributed by atoms with Crippen molar-refractivity contribution in [3.63, 3.8) is 0 Å². The van der Waals surface area contributed by atoms with Gasteiger partial charge in [0.1, 0.15) is 5.69 Å². The van der Waals surface area contributed by atoms with Crippen LogP contribution in [0.2, 0.25) is 0 Å². The van der Waals surface area contributed by atoms with E-state index in [0.717, 1.165) is 29.7 Å².